The first-order valence-electron chi connectivity index (χ1n) is 5.41. The topological polar surface area (TPSA) is 126 Å². The number of aromatic nitrogens is 2. The van der Waals surface area contributed by atoms with Gasteiger partial charge in [0.2, 0.25) is 0 Å². The van der Waals surface area contributed by atoms with Gasteiger partial charge in [0.1, 0.15) is 11.6 Å². The second-order valence-corrected chi connectivity index (χ2v) is 5.47. The molecule has 2 N–H and O–H groups in total. The smallest absolute Gasteiger partial charge is 0.223 e. The highest BCUT2D eigenvalue weighted by Crippen LogP contribution is 2.21. The van der Waals surface area contributed by atoms with Crippen LogP contribution in [0.5, 0.6) is 0 Å². The van der Waals surface area contributed by atoms with Gasteiger partial charge >= 0.3 is 0 Å². The SMILES string of the molecule is Cc1nn(-c2ccc(C#N)cc2)c(S(N)(=O)=O)c1C#N. The first kappa shape index (κ1) is 13.7. The number of aryl methyl sites for hydroxylation is 1. The highest BCUT2D eigenvalue weighted by Gasteiger charge is 2.25. The minimum Gasteiger partial charge on any atom is -0.223 e. The molecule has 0 saturated carbocycles. The largest absolute Gasteiger partial charge is 0.257 e. The van der Waals surface area contributed by atoms with Crippen molar-refractivity contribution in [1.29, 1.82) is 10.5 Å². The van der Waals surface area contributed by atoms with Crippen LogP contribution in [0.1, 0.15) is 16.8 Å². The van der Waals surface area contributed by atoms with E-state index in [4.69, 9.17) is 15.7 Å². The molecule has 2 rings (SSSR count). The van der Waals surface area contributed by atoms with Crippen molar-refractivity contribution in [3.8, 4) is 17.8 Å². The summed E-state index contributed by atoms with van der Waals surface area (Å²) in [7, 11) is -4.11. The predicted molar refractivity (Wildman–Crippen MR) is 69.1 cm³/mol. The summed E-state index contributed by atoms with van der Waals surface area (Å²) in [5, 5.41) is 26.6. The molecule has 1 aromatic carbocycles. The molecule has 100 valence electrons. The fourth-order valence-electron chi connectivity index (χ4n) is 1.75. The molecular weight excluding hydrogens is 278 g/mol. The molecule has 0 unspecified atom stereocenters. The van der Waals surface area contributed by atoms with E-state index >= 15 is 0 Å². The first-order chi connectivity index (χ1) is 9.38. The Morgan fingerprint density at radius 2 is 1.80 bits per heavy atom. The molecule has 0 amide bonds. The Labute approximate surface area is 115 Å². The van der Waals surface area contributed by atoms with Gasteiger partial charge in [-0.1, -0.05) is 0 Å². The van der Waals surface area contributed by atoms with Crippen molar-refractivity contribution in [3.63, 3.8) is 0 Å². The van der Waals surface area contributed by atoms with Crippen molar-refractivity contribution >= 4 is 10.0 Å². The number of nitrogens with two attached hydrogens (primary N) is 1. The summed E-state index contributed by atoms with van der Waals surface area (Å²) in [6, 6.07) is 9.84. The Morgan fingerprint density at radius 3 is 2.25 bits per heavy atom. The van der Waals surface area contributed by atoms with Crippen molar-refractivity contribution in [1.82, 2.24) is 9.78 Å². The molecule has 0 bridgehead atoms. The first-order valence-corrected chi connectivity index (χ1v) is 6.96. The summed E-state index contributed by atoms with van der Waals surface area (Å²) in [6.07, 6.45) is 0. The van der Waals surface area contributed by atoms with E-state index < -0.39 is 10.0 Å². The van der Waals surface area contributed by atoms with E-state index in [1.54, 1.807) is 6.07 Å². The van der Waals surface area contributed by atoms with Crippen LogP contribution in [0.15, 0.2) is 29.3 Å². The van der Waals surface area contributed by atoms with Crippen molar-refractivity contribution in [2.75, 3.05) is 0 Å². The third-order valence-electron chi connectivity index (χ3n) is 2.64. The van der Waals surface area contributed by atoms with Gasteiger partial charge < -0.3 is 0 Å². The Bertz CT molecular complexity index is 851. The molecule has 8 heteroatoms. The molecule has 20 heavy (non-hydrogen) atoms. The molecular formula is C12H9N5O2S. The van der Waals surface area contributed by atoms with Gasteiger partial charge in [-0.15, -0.1) is 0 Å². The van der Waals surface area contributed by atoms with Crippen LogP contribution < -0.4 is 5.14 Å². The van der Waals surface area contributed by atoms with E-state index in [9.17, 15) is 8.42 Å². The number of primary sulfonamides is 1. The van der Waals surface area contributed by atoms with Crippen LogP contribution in [0.4, 0.5) is 0 Å². The molecule has 2 aromatic rings. The Balaban J connectivity index is 2.75. The lowest BCUT2D eigenvalue weighted by Gasteiger charge is -2.05. The zero-order chi connectivity index (χ0) is 14.9. The molecule has 0 spiro atoms. The maximum Gasteiger partial charge on any atom is 0.257 e. The molecule has 0 aliphatic rings. The van der Waals surface area contributed by atoms with E-state index in [1.165, 1.54) is 31.2 Å². The second-order valence-electron chi connectivity index (χ2n) is 3.99. The normalized spacial score (nSPS) is 10.8. The summed E-state index contributed by atoms with van der Waals surface area (Å²) in [5.74, 6) is 0. The Hall–Kier alpha value is -2.68. The fourth-order valence-corrected chi connectivity index (χ4v) is 2.61. The number of sulfonamides is 1. The van der Waals surface area contributed by atoms with E-state index in [1.807, 2.05) is 6.07 Å². The standard InChI is InChI=1S/C12H9N5O2S/c1-8-11(7-14)12(20(15,18)19)17(16-8)10-4-2-9(6-13)3-5-10/h2-5H,1H3,(H2,15,18,19). The van der Waals surface area contributed by atoms with E-state index in [0.717, 1.165) is 4.68 Å². The third kappa shape index (κ3) is 2.26. The highest BCUT2D eigenvalue weighted by atomic mass is 32.2. The van der Waals surface area contributed by atoms with Gasteiger partial charge in [-0.2, -0.15) is 15.6 Å². The number of rotatable bonds is 2. The lowest BCUT2D eigenvalue weighted by Crippen LogP contribution is -2.18. The average molecular weight is 287 g/mol. The van der Waals surface area contributed by atoms with Crippen LogP contribution in [0, 0.1) is 29.6 Å². The minimum atomic E-state index is -4.11. The average Bonchev–Trinajstić information content (AvgIpc) is 2.75. The van der Waals surface area contributed by atoms with E-state index in [2.05, 4.69) is 5.10 Å². The molecule has 0 fully saturated rings. The predicted octanol–water partition coefficient (Wildman–Crippen LogP) is 0.571. The fraction of sp³-hybridized carbons (Fsp3) is 0.0833. The van der Waals surface area contributed by atoms with Crippen LogP contribution in [-0.2, 0) is 10.0 Å². The molecule has 7 nitrogen and oxygen atoms in total. The Morgan fingerprint density at radius 1 is 1.20 bits per heavy atom. The van der Waals surface area contributed by atoms with Crippen molar-refractivity contribution in [2.24, 2.45) is 5.14 Å². The van der Waals surface area contributed by atoms with Crippen LogP contribution in [-0.4, -0.2) is 18.2 Å². The lowest BCUT2D eigenvalue weighted by atomic mass is 10.2. The molecule has 0 radical (unpaired) electrons. The summed E-state index contributed by atoms with van der Waals surface area (Å²) < 4.78 is 24.4. The number of benzene rings is 1. The number of hydrogen-bond acceptors (Lipinski definition) is 5. The summed E-state index contributed by atoms with van der Waals surface area (Å²) >= 11 is 0. The van der Waals surface area contributed by atoms with Gasteiger partial charge in [-0.25, -0.2) is 18.2 Å². The zero-order valence-electron chi connectivity index (χ0n) is 10.4. The molecule has 0 saturated heterocycles. The monoisotopic (exact) mass is 287 g/mol. The quantitative estimate of drug-likeness (QED) is 0.864. The Kier molecular flexibility index (Phi) is 3.28. The third-order valence-corrected chi connectivity index (χ3v) is 3.56. The number of hydrogen-bond donors (Lipinski definition) is 1. The van der Waals surface area contributed by atoms with Gasteiger partial charge in [0.05, 0.1) is 23.0 Å². The van der Waals surface area contributed by atoms with E-state index in [0.29, 0.717) is 11.3 Å². The summed E-state index contributed by atoms with van der Waals surface area (Å²) in [4.78, 5) is 0. The maximum atomic E-state index is 11.7. The van der Waals surface area contributed by atoms with Crippen molar-refractivity contribution in [3.05, 3.63) is 41.1 Å². The second kappa shape index (κ2) is 4.78. The van der Waals surface area contributed by atoms with Crippen LogP contribution >= 0.6 is 0 Å². The molecule has 1 aromatic heterocycles. The van der Waals surface area contributed by atoms with Crippen molar-refractivity contribution in [2.45, 2.75) is 11.9 Å². The maximum absolute atomic E-state index is 11.7. The number of nitrogens with zero attached hydrogens (tertiary/aromatic N) is 4. The summed E-state index contributed by atoms with van der Waals surface area (Å²) in [6.45, 7) is 1.52. The molecule has 1 heterocycles. The van der Waals surface area contributed by atoms with Gasteiger partial charge in [0.15, 0.2) is 5.03 Å². The molecule has 0 atom stereocenters. The zero-order valence-corrected chi connectivity index (χ0v) is 11.2. The molecule has 0 aliphatic carbocycles. The minimum absolute atomic E-state index is 0.0862. The van der Waals surface area contributed by atoms with Gasteiger partial charge in [-0.05, 0) is 31.2 Å². The van der Waals surface area contributed by atoms with Gasteiger partial charge in [0, 0.05) is 0 Å². The van der Waals surface area contributed by atoms with Crippen LogP contribution in [0.3, 0.4) is 0 Å². The van der Waals surface area contributed by atoms with Gasteiger partial charge in [-0.3, -0.25) is 0 Å². The van der Waals surface area contributed by atoms with Crippen molar-refractivity contribution < 1.29 is 8.42 Å². The van der Waals surface area contributed by atoms with Crippen LogP contribution in [0.2, 0.25) is 0 Å². The lowest BCUT2D eigenvalue weighted by molar-refractivity contribution is 0.587. The highest BCUT2D eigenvalue weighted by molar-refractivity contribution is 7.89. The van der Waals surface area contributed by atoms with Gasteiger partial charge in [0.25, 0.3) is 10.0 Å². The molecule has 0 aliphatic heterocycles. The summed E-state index contributed by atoms with van der Waals surface area (Å²) in [5.41, 5.74) is 1.01. The number of nitriles is 2. The van der Waals surface area contributed by atoms with Crippen LogP contribution in [0.25, 0.3) is 5.69 Å². The van der Waals surface area contributed by atoms with E-state index in [-0.39, 0.29) is 16.3 Å².